The van der Waals surface area contributed by atoms with E-state index in [1.54, 1.807) is 0 Å². The number of nitrogens with one attached hydrogen (secondary N) is 1. The molecule has 1 amide bonds. The Morgan fingerprint density at radius 1 is 1.33 bits per heavy atom. The fourth-order valence-electron chi connectivity index (χ4n) is 1.15. The van der Waals surface area contributed by atoms with Crippen LogP contribution in [0.15, 0.2) is 0 Å². The molecule has 1 atom stereocenters. The lowest BCUT2D eigenvalue weighted by molar-refractivity contribution is -0.141. The van der Waals surface area contributed by atoms with Gasteiger partial charge in [0.05, 0.1) is 0 Å². The van der Waals surface area contributed by atoms with Crippen molar-refractivity contribution in [3.05, 3.63) is 0 Å². The first-order chi connectivity index (χ1) is 6.72. The molecule has 0 aromatic rings. The molecule has 0 saturated carbocycles. The summed E-state index contributed by atoms with van der Waals surface area (Å²) in [5.74, 6) is -1.19. The van der Waals surface area contributed by atoms with Gasteiger partial charge in [-0.05, 0) is 25.2 Å². The normalized spacial score (nSPS) is 13.3. The van der Waals surface area contributed by atoms with E-state index in [4.69, 9.17) is 5.11 Å². The number of amides is 1. The standard InChI is InChI=1S/C11H21NO3/c1-8(10(14)15)12-9(13)6-5-7-11(2,3)4/h8H,5-7H2,1-4H3,(H,12,13)(H,14,15)/t8-/m0/s1. The molecule has 0 radical (unpaired) electrons. The average Bonchev–Trinajstić information content (AvgIpc) is 2.01. The zero-order valence-electron chi connectivity index (χ0n) is 9.96. The molecule has 0 aliphatic rings. The summed E-state index contributed by atoms with van der Waals surface area (Å²) in [4.78, 5) is 21.7. The predicted octanol–water partition coefficient (Wildman–Crippen LogP) is 1.79. The second kappa shape index (κ2) is 5.73. The lowest BCUT2D eigenvalue weighted by Gasteiger charge is -2.17. The highest BCUT2D eigenvalue weighted by molar-refractivity contribution is 5.83. The lowest BCUT2D eigenvalue weighted by Crippen LogP contribution is -2.38. The van der Waals surface area contributed by atoms with Crippen molar-refractivity contribution < 1.29 is 14.7 Å². The van der Waals surface area contributed by atoms with E-state index >= 15 is 0 Å². The van der Waals surface area contributed by atoms with Crippen LogP contribution in [0.25, 0.3) is 0 Å². The van der Waals surface area contributed by atoms with Gasteiger partial charge in [0, 0.05) is 6.42 Å². The van der Waals surface area contributed by atoms with Gasteiger partial charge in [0.25, 0.3) is 0 Å². The van der Waals surface area contributed by atoms with Gasteiger partial charge in [0.15, 0.2) is 0 Å². The van der Waals surface area contributed by atoms with Crippen LogP contribution >= 0.6 is 0 Å². The Hall–Kier alpha value is -1.06. The fraction of sp³-hybridized carbons (Fsp3) is 0.818. The smallest absolute Gasteiger partial charge is 0.325 e. The van der Waals surface area contributed by atoms with E-state index in [2.05, 4.69) is 26.1 Å². The SMILES string of the molecule is C[C@H](NC(=O)CCCC(C)(C)C)C(=O)O. The minimum Gasteiger partial charge on any atom is -0.480 e. The topological polar surface area (TPSA) is 66.4 Å². The predicted molar refractivity (Wildman–Crippen MR) is 58.5 cm³/mol. The van der Waals surface area contributed by atoms with Crippen molar-refractivity contribution in [2.45, 2.75) is 53.0 Å². The quantitative estimate of drug-likeness (QED) is 0.734. The van der Waals surface area contributed by atoms with Gasteiger partial charge in [0.2, 0.25) is 5.91 Å². The van der Waals surface area contributed by atoms with E-state index < -0.39 is 12.0 Å². The Labute approximate surface area is 91.1 Å². The summed E-state index contributed by atoms with van der Waals surface area (Å²) in [5.41, 5.74) is 0.221. The molecule has 0 saturated heterocycles. The minimum absolute atomic E-state index is 0.186. The lowest BCUT2D eigenvalue weighted by atomic mass is 9.90. The van der Waals surface area contributed by atoms with E-state index in [0.717, 1.165) is 12.8 Å². The molecule has 0 spiro atoms. The number of aliphatic carboxylic acids is 1. The molecule has 0 fully saturated rings. The molecule has 2 N–H and O–H groups in total. The van der Waals surface area contributed by atoms with Crippen LogP contribution in [0.5, 0.6) is 0 Å². The summed E-state index contributed by atoms with van der Waals surface area (Å²) >= 11 is 0. The van der Waals surface area contributed by atoms with Gasteiger partial charge in [0.1, 0.15) is 6.04 Å². The Morgan fingerprint density at radius 2 is 1.87 bits per heavy atom. The molecule has 0 aliphatic heterocycles. The third-order valence-electron chi connectivity index (χ3n) is 2.08. The van der Waals surface area contributed by atoms with Crippen LogP contribution in [0, 0.1) is 5.41 Å². The average molecular weight is 215 g/mol. The summed E-state index contributed by atoms with van der Waals surface area (Å²) in [7, 11) is 0. The van der Waals surface area contributed by atoms with Crippen molar-refractivity contribution in [1.82, 2.24) is 5.32 Å². The van der Waals surface area contributed by atoms with Crippen molar-refractivity contribution in [1.29, 1.82) is 0 Å². The van der Waals surface area contributed by atoms with Gasteiger partial charge >= 0.3 is 5.97 Å². The minimum atomic E-state index is -1.00. The van der Waals surface area contributed by atoms with Crippen molar-refractivity contribution in [2.75, 3.05) is 0 Å². The van der Waals surface area contributed by atoms with Gasteiger partial charge in [-0.15, -0.1) is 0 Å². The van der Waals surface area contributed by atoms with Crippen LogP contribution < -0.4 is 5.32 Å². The number of hydrogen-bond donors (Lipinski definition) is 2. The number of rotatable bonds is 5. The highest BCUT2D eigenvalue weighted by Gasteiger charge is 2.15. The number of carbonyl (C=O) groups excluding carboxylic acids is 1. The maximum Gasteiger partial charge on any atom is 0.325 e. The number of hydrogen-bond acceptors (Lipinski definition) is 2. The van der Waals surface area contributed by atoms with Gasteiger partial charge in [-0.2, -0.15) is 0 Å². The summed E-state index contributed by atoms with van der Waals surface area (Å²) < 4.78 is 0. The van der Waals surface area contributed by atoms with E-state index in [1.807, 2.05) is 0 Å². The van der Waals surface area contributed by atoms with Crippen LogP contribution in [-0.2, 0) is 9.59 Å². The Bertz CT molecular complexity index is 230. The monoisotopic (exact) mass is 215 g/mol. The van der Waals surface area contributed by atoms with Crippen LogP contribution in [0.3, 0.4) is 0 Å². The van der Waals surface area contributed by atoms with Crippen LogP contribution in [0.2, 0.25) is 0 Å². The largest absolute Gasteiger partial charge is 0.480 e. The number of carbonyl (C=O) groups is 2. The fourth-order valence-corrected chi connectivity index (χ4v) is 1.15. The third kappa shape index (κ3) is 7.97. The van der Waals surface area contributed by atoms with Gasteiger partial charge in [-0.25, -0.2) is 0 Å². The molecule has 0 rings (SSSR count). The molecule has 88 valence electrons. The second-order valence-corrected chi connectivity index (χ2v) is 5.04. The molecule has 0 aliphatic carbocycles. The number of carboxylic acid groups (broad SMARTS) is 1. The van der Waals surface area contributed by atoms with Gasteiger partial charge < -0.3 is 10.4 Å². The molecule has 0 aromatic heterocycles. The highest BCUT2D eigenvalue weighted by atomic mass is 16.4. The molecule has 4 heteroatoms. The first kappa shape index (κ1) is 13.9. The van der Waals surface area contributed by atoms with Gasteiger partial charge in [-0.1, -0.05) is 20.8 Å². The molecule has 4 nitrogen and oxygen atoms in total. The van der Waals surface area contributed by atoms with Crippen molar-refractivity contribution in [3.63, 3.8) is 0 Å². The zero-order valence-corrected chi connectivity index (χ0v) is 9.96. The van der Waals surface area contributed by atoms with Crippen molar-refractivity contribution >= 4 is 11.9 Å². The van der Waals surface area contributed by atoms with E-state index in [-0.39, 0.29) is 11.3 Å². The van der Waals surface area contributed by atoms with Crippen molar-refractivity contribution in [3.8, 4) is 0 Å². The second-order valence-electron chi connectivity index (χ2n) is 5.04. The molecule has 15 heavy (non-hydrogen) atoms. The molecular formula is C11H21NO3. The van der Waals surface area contributed by atoms with E-state index in [0.29, 0.717) is 6.42 Å². The summed E-state index contributed by atoms with van der Waals surface area (Å²) in [6, 6.07) is -0.799. The maximum absolute atomic E-state index is 11.3. The molecule has 0 heterocycles. The van der Waals surface area contributed by atoms with E-state index in [9.17, 15) is 9.59 Å². The Kier molecular flexibility index (Phi) is 5.33. The first-order valence-electron chi connectivity index (χ1n) is 5.24. The van der Waals surface area contributed by atoms with Crippen LogP contribution in [-0.4, -0.2) is 23.0 Å². The third-order valence-corrected chi connectivity index (χ3v) is 2.08. The molecule has 0 bridgehead atoms. The highest BCUT2D eigenvalue weighted by Crippen LogP contribution is 2.21. The Balaban J connectivity index is 3.72. The molecule has 0 unspecified atom stereocenters. The van der Waals surface area contributed by atoms with Crippen LogP contribution in [0.1, 0.15) is 47.0 Å². The first-order valence-corrected chi connectivity index (χ1v) is 5.24. The van der Waals surface area contributed by atoms with Gasteiger partial charge in [-0.3, -0.25) is 9.59 Å². The zero-order chi connectivity index (χ0) is 12.1. The van der Waals surface area contributed by atoms with Crippen LogP contribution in [0.4, 0.5) is 0 Å². The molecule has 0 aromatic carbocycles. The Morgan fingerprint density at radius 3 is 2.27 bits per heavy atom. The molecular weight excluding hydrogens is 194 g/mol. The summed E-state index contributed by atoms with van der Waals surface area (Å²) in [6.45, 7) is 7.81. The van der Waals surface area contributed by atoms with Crippen molar-refractivity contribution in [2.24, 2.45) is 5.41 Å². The van der Waals surface area contributed by atoms with E-state index in [1.165, 1.54) is 6.92 Å². The summed E-state index contributed by atoms with van der Waals surface area (Å²) in [6.07, 6.45) is 2.15. The maximum atomic E-state index is 11.3. The number of carboxylic acids is 1. The summed E-state index contributed by atoms with van der Waals surface area (Å²) in [5, 5.41) is 11.0.